The minimum atomic E-state index is -3.89. The highest BCUT2D eigenvalue weighted by Crippen LogP contribution is 2.31. The Hall–Kier alpha value is -2.88. The summed E-state index contributed by atoms with van der Waals surface area (Å²) in [5.74, 6) is -0.356. The maximum atomic E-state index is 13.5. The molecule has 0 radical (unpaired) electrons. The molecule has 31 heavy (non-hydrogen) atoms. The quantitative estimate of drug-likeness (QED) is 0.506. The number of carbonyl (C=O) groups excluding carboxylic acids is 1. The molecule has 1 unspecified atom stereocenters. The summed E-state index contributed by atoms with van der Waals surface area (Å²) in [6.45, 7) is 2.30. The van der Waals surface area contributed by atoms with Crippen LogP contribution >= 0.6 is 11.3 Å². The number of para-hydroxylation sites is 1. The topological polar surface area (TPSA) is 92.3 Å². The van der Waals surface area contributed by atoms with Crippen LogP contribution in [0.5, 0.6) is 0 Å². The molecule has 0 saturated carbocycles. The van der Waals surface area contributed by atoms with E-state index in [9.17, 15) is 13.2 Å². The Labute approximate surface area is 183 Å². The lowest BCUT2D eigenvalue weighted by Crippen LogP contribution is -2.43. The smallest absolute Gasteiger partial charge is 0.245 e. The number of amides is 1. The standard InChI is InChI=1S/C22H20N4O3S2/c1-14-9-10-16-18(13-14)30-22(24-16)25-21(27)17-7-4-12-26(17)31(28,29)19-8-2-5-15-6-3-11-23-20(15)19/h2-3,5-6,8-11,13,17H,4,7,12H2,1H3,(H,24,25,27). The van der Waals surface area contributed by atoms with Gasteiger partial charge in [0.1, 0.15) is 10.9 Å². The van der Waals surface area contributed by atoms with Crippen molar-refractivity contribution in [3.63, 3.8) is 0 Å². The summed E-state index contributed by atoms with van der Waals surface area (Å²) in [4.78, 5) is 21.9. The SMILES string of the molecule is Cc1ccc2nc(NC(=O)C3CCCN3S(=O)(=O)c3cccc4cccnc34)sc2c1. The van der Waals surface area contributed by atoms with Crippen molar-refractivity contribution in [2.24, 2.45) is 0 Å². The normalized spacial score (nSPS) is 17.4. The zero-order valence-electron chi connectivity index (χ0n) is 16.8. The highest BCUT2D eigenvalue weighted by Gasteiger charge is 2.40. The van der Waals surface area contributed by atoms with Crippen molar-refractivity contribution < 1.29 is 13.2 Å². The van der Waals surface area contributed by atoms with Crippen LogP contribution in [0.25, 0.3) is 21.1 Å². The van der Waals surface area contributed by atoms with Gasteiger partial charge in [-0.3, -0.25) is 9.78 Å². The number of fused-ring (bicyclic) bond motifs is 2. The summed E-state index contributed by atoms with van der Waals surface area (Å²) < 4.78 is 29.2. The maximum Gasteiger partial charge on any atom is 0.245 e. The molecule has 1 aliphatic heterocycles. The number of rotatable bonds is 4. The van der Waals surface area contributed by atoms with Gasteiger partial charge in [-0.25, -0.2) is 13.4 Å². The highest BCUT2D eigenvalue weighted by molar-refractivity contribution is 7.89. The number of hydrogen-bond donors (Lipinski definition) is 1. The molecule has 5 rings (SSSR count). The Kier molecular flexibility index (Phi) is 4.96. The molecular weight excluding hydrogens is 432 g/mol. The van der Waals surface area contributed by atoms with Crippen molar-refractivity contribution in [3.8, 4) is 0 Å². The third-order valence-electron chi connectivity index (χ3n) is 5.46. The van der Waals surface area contributed by atoms with Crippen LogP contribution in [0.4, 0.5) is 5.13 Å². The van der Waals surface area contributed by atoms with Gasteiger partial charge in [0.05, 0.1) is 15.7 Å². The molecule has 2 aromatic heterocycles. The van der Waals surface area contributed by atoms with Crippen LogP contribution in [0.3, 0.4) is 0 Å². The number of thiazole rings is 1. The molecule has 0 bridgehead atoms. The number of nitrogens with zero attached hydrogens (tertiary/aromatic N) is 3. The van der Waals surface area contributed by atoms with Gasteiger partial charge in [0.25, 0.3) is 0 Å². The third-order valence-corrected chi connectivity index (χ3v) is 8.34. The molecule has 2 aromatic carbocycles. The number of benzene rings is 2. The van der Waals surface area contributed by atoms with Crippen LogP contribution in [0.1, 0.15) is 18.4 Å². The van der Waals surface area contributed by atoms with Crippen LogP contribution in [-0.2, 0) is 14.8 Å². The Morgan fingerprint density at radius 2 is 2.03 bits per heavy atom. The van der Waals surface area contributed by atoms with Crippen LogP contribution in [0.15, 0.2) is 59.6 Å². The van der Waals surface area contributed by atoms with E-state index in [-0.39, 0.29) is 10.8 Å². The molecule has 1 atom stereocenters. The van der Waals surface area contributed by atoms with Gasteiger partial charge in [-0.1, -0.05) is 35.6 Å². The number of nitrogens with one attached hydrogen (secondary N) is 1. The molecule has 0 aliphatic carbocycles. The van der Waals surface area contributed by atoms with E-state index in [2.05, 4.69) is 15.3 Å². The minimum absolute atomic E-state index is 0.126. The molecule has 1 N–H and O–H groups in total. The first-order valence-electron chi connectivity index (χ1n) is 9.97. The first-order valence-corrected chi connectivity index (χ1v) is 12.2. The van der Waals surface area contributed by atoms with Crippen molar-refractivity contribution in [2.75, 3.05) is 11.9 Å². The molecule has 0 spiro atoms. The molecule has 3 heterocycles. The molecule has 1 fully saturated rings. The van der Waals surface area contributed by atoms with Gasteiger partial charge < -0.3 is 5.32 Å². The van der Waals surface area contributed by atoms with E-state index in [1.807, 2.05) is 37.3 Å². The predicted molar refractivity (Wildman–Crippen MR) is 122 cm³/mol. The molecule has 158 valence electrons. The Balaban J connectivity index is 1.44. The predicted octanol–water partition coefficient (Wildman–Crippen LogP) is 3.94. The maximum absolute atomic E-state index is 13.5. The van der Waals surface area contributed by atoms with E-state index in [1.165, 1.54) is 15.6 Å². The Bertz CT molecular complexity index is 1410. The van der Waals surface area contributed by atoms with Crippen molar-refractivity contribution in [1.82, 2.24) is 14.3 Å². The number of aromatic nitrogens is 2. The summed E-state index contributed by atoms with van der Waals surface area (Å²) in [7, 11) is -3.89. The van der Waals surface area contributed by atoms with Gasteiger partial charge in [-0.2, -0.15) is 4.31 Å². The number of sulfonamides is 1. The minimum Gasteiger partial charge on any atom is -0.301 e. The lowest BCUT2D eigenvalue weighted by Gasteiger charge is -2.23. The summed E-state index contributed by atoms with van der Waals surface area (Å²) >= 11 is 1.38. The van der Waals surface area contributed by atoms with Crippen LogP contribution in [0.2, 0.25) is 0 Å². The van der Waals surface area contributed by atoms with E-state index < -0.39 is 16.1 Å². The lowest BCUT2D eigenvalue weighted by atomic mass is 10.2. The van der Waals surface area contributed by atoms with Crippen LogP contribution < -0.4 is 5.32 Å². The van der Waals surface area contributed by atoms with E-state index in [1.54, 1.807) is 24.4 Å². The summed E-state index contributed by atoms with van der Waals surface area (Å²) in [6, 6.07) is 13.8. The molecule has 4 aromatic rings. The second-order valence-electron chi connectivity index (χ2n) is 7.58. The van der Waals surface area contributed by atoms with E-state index in [0.29, 0.717) is 30.0 Å². The first kappa shape index (κ1) is 20.0. The summed E-state index contributed by atoms with van der Waals surface area (Å²) in [5, 5.41) is 4.05. The summed E-state index contributed by atoms with van der Waals surface area (Å²) in [5.41, 5.74) is 2.34. The molecule has 9 heteroatoms. The molecular formula is C22H20N4O3S2. The fourth-order valence-electron chi connectivity index (χ4n) is 3.97. The van der Waals surface area contributed by atoms with Gasteiger partial charge in [0.2, 0.25) is 15.9 Å². The second-order valence-corrected chi connectivity index (χ2v) is 10.5. The number of anilines is 1. The monoisotopic (exact) mass is 452 g/mol. The molecule has 1 aliphatic rings. The van der Waals surface area contributed by atoms with Crippen molar-refractivity contribution in [3.05, 3.63) is 60.3 Å². The largest absolute Gasteiger partial charge is 0.301 e. The van der Waals surface area contributed by atoms with Crippen molar-refractivity contribution in [1.29, 1.82) is 0 Å². The van der Waals surface area contributed by atoms with Crippen molar-refractivity contribution in [2.45, 2.75) is 30.7 Å². The third kappa shape index (κ3) is 3.58. The molecule has 7 nitrogen and oxygen atoms in total. The van der Waals surface area contributed by atoms with Crippen molar-refractivity contribution >= 4 is 53.5 Å². The first-order chi connectivity index (χ1) is 14.9. The van der Waals surface area contributed by atoms with E-state index in [4.69, 9.17) is 0 Å². The Morgan fingerprint density at radius 3 is 2.90 bits per heavy atom. The van der Waals surface area contributed by atoms with E-state index in [0.717, 1.165) is 21.2 Å². The van der Waals surface area contributed by atoms with Gasteiger partial charge in [0.15, 0.2) is 5.13 Å². The van der Waals surface area contributed by atoms with Gasteiger partial charge in [-0.15, -0.1) is 0 Å². The number of aryl methyl sites for hydroxylation is 1. The van der Waals surface area contributed by atoms with Gasteiger partial charge >= 0.3 is 0 Å². The molecule has 1 saturated heterocycles. The van der Waals surface area contributed by atoms with Crippen LogP contribution in [-0.4, -0.2) is 41.2 Å². The second kappa shape index (κ2) is 7.67. The summed E-state index contributed by atoms with van der Waals surface area (Å²) in [6.07, 6.45) is 2.66. The average molecular weight is 453 g/mol. The average Bonchev–Trinajstić information content (AvgIpc) is 3.40. The highest BCUT2D eigenvalue weighted by atomic mass is 32.2. The Morgan fingerprint density at radius 1 is 1.19 bits per heavy atom. The van der Waals surface area contributed by atoms with Gasteiger partial charge in [0, 0.05) is 18.1 Å². The number of carbonyl (C=O) groups is 1. The number of pyridine rings is 1. The molecule has 1 amide bonds. The number of hydrogen-bond acceptors (Lipinski definition) is 6. The van der Waals surface area contributed by atoms with E-state index >= 15 is 0 Å². The fourth-order valence-corrected chi connectivity index (χ4v) is 6.77. The zero-order valence-corrected chi connectivity index (χ0v) is 18.4. The fraction of sp³-hybridized carbons (Fsp3) is 0.227. The van der Waals surface area contributed by atoms with Gasteiger partial charge in [-0.05, 0) is 49.6 Å². The zero-order chi connectivity index (χ0) is 21.6. The lowest BCUT2D eigenvalue weighted by molar-refractivity contribution is -0.119. The van der Waals surface area contributed by atoms with Crippen LogP contribution in [0, 0.1) is 6.92 Å².